The second-order valence-corrected chi connectivity index (χ2v) is 7.63. The molecule has 2 aromatic carbocycles. The van der Waals surface area contributed by atoms with Crippen molar-refractivity contribution in [1.82, 2.24) is 10.7 Å². The molecule has 0 bridgehead atoms. The minimum atomic E-state index is -0.761. The Balaban J connectivity index is 2.02. The molecule has 0 radical (unpaired) electrons. The zero-order valence-electron chi connectivity index (χ0n) is 18.1. The molecule has 0 saturated carbocycles. The van der Waals surface area contributed by atoms with E-state index in [2.05, 4.69) is 15.8 Å². The van der Waals surface area contributed by atoms with Crippen molar-refractivity contribution in [3.8, 4) is 11.5 Å². The van der Waals surface area contributed by atoms with E-state index < -0.39 is 11.9 Å². The van der Waals surface area contributed by atoms with E-state index in [0.29, 0.717) is 28.7 Å². The van der Waals surface area contributed by atoms with E-state index in [1.165, 1.54) is 6.21 Å². The Hall–Kier alpha value is -3.06. The van der Waals surface area contributed by atoms with Crippen molar-refractivity contribution in [2.45, 2.75) is 33.2 Å². The van der Waals surface area contributed by atoms with Crippen molar-refractivity contribution in [2.75, 3.05) is 13.7 Å². The fourth-order valence-electron chi connectivity index (χ4n) is 2.72. The number of rotatable bonds is 10. The van der Waals surface area contributed by atoms with Crippen LogP contribution in [0.5, 0.6) is 11.5 Å². The highest BCUT2D eigenvalue weighted by Crippen LogP contribution is 2.27. The molecule has 2 N–H and O–H groups in total. The standard InChI is InChI=1S/C23H28ClN3O4/c1-5-11-31-19-10-9-16(12-20(19)30-4)14-25-27-23(29)21(15(2)3)26-22(28)17-7-6-8-18(24)13-17/h6-10,12-15,21H,5,11H2,1-4H3,(H,26,28)(H,27,29). The van der Waals surface area contributed by atoms with Crippen molar-refractivity contribution in [1.29, 1.82) is 0 Å². The fraction of sp³-hybridized carbons (Fsp3) is 0.348. The van der Waals surface area contributed by atoms with E-state index >= 15 is 0 Å². The maximum atomic E-state index is 12.6. The van der Waals surface area contributed by atoms with Crippen molar-refractivity contribution in [3.05, 3.63) is 58.6 Å². The minimum Gasteiger partial charge on any atom is -0.493 e. The van der Waals surface area contributed by atoms with Gasteiger partial charge in [0.25, 0.3) is 11.8 Å². The Bertz CT molecular complexity index is 931. The summed E-state index contributed by atoms with van der Waals surface area (Å²) in [6.07, 6.45) is 2.39. The normalized spacial score (nSPS) is 11.9. The summed E-state index contributed by atoms with van der Waals surface area (Å²) in [6.45, 7) is 6.30. The first-order valence-electron chi connectivity index (χ1n) is 10.1. The highest BCUT2D eigenvalue weighted by Gasteiger charge is 2.24. The van der Waals surface area contributed by atoms with Gasteiger partial charge in [0.1, 0.15) is 6.04 Å². The molecule has 166 valence electrons. The number of hydrogen-bond acceptors (Lipinski definition) is 5. The summed E-state index contributed by atoms with van der Waals surface area (Å²) in [4.78, 5) is 25.1. The van der Waals surface area contributed by atoms with Gasteiger partial charge in [0, 0.05) is 10.6 Å². The number of carbonyl (C=O) groups is 2. The highest BCUT2D eigenvalue weighted by atomic mass is 35.5. The van der Waals surface area contributed by atoms with Crippen LogP contribution in [0.1, 0.15) is 43.1 Å². The van der Waals surface area contributed by atoms with E-state index in [-0.39, 0.29) is 11.8 Å². The number of hydrogen-bond donors (Lipinski definition) is 2. The van der Waals surface area contributed by atoms with Crippen molar-refractivity contribution in [2.24, 2.45) is 11.0 Å². The number of hydrazone groups is 1. The van der Waals surface area contributed by atoms with Crippen LogP contribution in [-0.4, -0.2) is 37.8 Å². The maximum absolute atomic E-state index is 12.6. The molecule has 0 aromatic heterocycles. The van der Waals surface area contributed by atoms with Crippen LogP contribution in [0.4, 0.5) is 0 Å². The van der Waals surface area contributed by atoms with Gasteiger partial charge in [0.15, 0.2) is 11.5 Å². The van der Waals surface area contributed by atoms with Crippen LogP contribution in [0.3, 0.4) is 0 Å². The van der Waals surface area contributed by atoms with Gasteiger partial charge in [0.2, 0.25) is 0 Å². The third-order valence-electron chi connectivity index (χ3n) is 4.36. The number of amides is 2. The second kappa shape index (κ2) is 12.0. The first-order chi connectivity index (χ1) is 14.8. The zero-order valence-corrected chi connectivity index (χ0v) is 18.9. The lowest BCUT2D eigenvalue weighted by Crippen LogP contribution is -2.48. The van der Waals surface area contributed by atoms with Crippen molar-refractivity contribution < 1.29 is 19.1 Å². The monoisotopic (exact) mass is 445 g/mol. The molecule has 1 atom stereocenters. The molecule has 0 aliphatic carbocycles. The molecule has 0 saturated heterocycles. The topological polar surface area (TPSA) is 89.0 Å². The molecule has 31 heavy (non-hydrogen) atoms. The third kappa shape index (κ3) is 7.29. The van der Waals surface area contributed by atoms with Gasteiger partial charge in [-0.15, -0.1) is 0 Å². The first kappa shape index (κ1) is 24.2. The Morgan fingerprint density at radius 2 is 1.94 bits per heavy atom. The van der Waals surface area contributed by atoms with Gasteiger partial charge in [-0.25, -0.2) is 5.43 Å². The molecule has 0 aliphatic heterocycles. The summed E-state index contributed by atoms with van der Waals surface area (Å²) in [5, 5.41) is 7.19. The molecule has 2 rings (SSSR count). The van der Waals surface area contributed by atoms with E-state index in [0.717, 1.165) is 12.0 Å². The van der Waals surface area contributed by atoms with E-state index in [1.54, 1.807) is 43.5 Å². The predicted octanol–water partition coefficient (Wildman–Crippen LogP) is 4.04. The zero-order chi connectivity index (χ0) is 22.8. The van der Waals surface area contributed by atoms with Gasteiger partial charge in [0.05, 0.1) is 19.9 Å². The van der Waals surface area contributed by atoms with E-state index in [4.69, 9.17) is 21.1 Å². The van der Waals surface area contributed by atoms with Gasteiger partial charge >= 0.3 is 0 Å². The van der Waals surface area contributed by atoms with Gasteiger partial charge in [-0.2, -0.15) is 5.10 Å². The average molecular weight is 446 g/mol. The number of benzene rings is 2. The summed E-state index contributed by atoms with van der Waals surface area (Å²) in [7, 11) is 1.56. The van der Waals surface area contributed by atoms with Crippen molar-refractivity contribution >= 4 is 29.6 Å². The summed E-state index contributed by atoms with van der Waals surface area (Å²) >= 11 is 5.94. The van der Waals surface area contributed by atoms with Gasteiger partial charge in [-0.1, -0.05) is 38.4 Å². The van der Waals surface area contributed by atoms with Crippen LogP contribution in [0.25, 0.3) is 0 Å². The Morgan fingerprint density at radius 3 is 2.58 bits per heavy atom. The lowest BCUT2D eigenvalue weighted by atomic mass is 10.0. The molecule has 0 spiro atoms. The smallest absolute Gasteiger partial charge is 0.262 e. The molecule has 0 aliphatic rings. The summed E-state index contributed by atoms with van der Waals surface area (Å²) in [5.74, 6) is 0.282. The SMILES string of the molecule is CCCOc1ccc(C=NNC(=O)C(NC(=O)c2cccc(Cl)c2)C(C)C)cc1OC. The molecule has 8 heteroatoms. The quantitative estimate of drug-likeness (QED) is 0.426. The molecule has 1 unspecified atom stereocenters. The minimum absolute atomic E-state index is 0.145. The largest absolute Gasteiger partial charge is 0.493 e. The number of carbonyl (C=O) groups excluding carboxylic acids is 2. The summed E-state index contributed by atoms with van der Waals surface area (Å²) < 4.78 is 11.0. The lowest BCUT2D eigenvalue weighted by Gasteiger charge is -2.20. The van der Waals surface area contributed by atoms with Crippen LogP contribution >= 0.6 is 11.6 Å². The number of halogens is 1. The molecule has 2 amide bonds. The molecular formula is C23H28ClN3O4. The fourth-order valence-corrected chi connectivity index (χ4v) is 2.92. The van der Waals surface area contributed by atoms with E-state index in [9.17, 15) is 9.59 Å². The van der Waals surface area contributed by atoms with Gasteiger partial charge < -0.3 is 14.8 Å². The van der Waals surface area contributed by atoms with Crippen LogP contribution in [-0.2, 0) is 4.79 Å². The molecule has 0 fully saturated rings. The van der Waals surface area contributed by atoms with Gasteiger partial charge in [-0.3, -0.25) is 9.59 Å². The number of methoxy groups -OCH3 is 1. The van der Waals surface area contributed by atoms with Gasteiger partial charge in [-0.05, 0) is 54.3 Å². The number of nitrogens with zero attached hydrogens (tertiary/aromatic N) is 1. The molecule has 7 nitrogen and oxygen atoms in total. The summed E-state index contributed by atoms with van der Waals surface area (Å²) in [6, 6.07) is 11.1. The third-order valence-corrected chi connectivity index (χ3v) is 4.60. The van der Waals surface area contributed by atoms with Crippen molar-refractivity contribution in [3.63, 3.8) is 0 Å². The second-order valence-electron chi connectivity index (χ2n) is 7.20. The van der Waals surface area contributed by atoms with Crippen LogP contribution in [0, 0.1) is 5.92 Å². The molecule has 0 heterocycles. The first-order valence-corrected chi connectivity index (χ1v) is 10.4. The Morgan fingerprint density at radius 1 is 1.16 bits per heavy atom. The maximum Gasteiger partial charge on any atom is 0.262 e. The highest BCUT2D eigenvalue weighted by molar-refractivity contribution is 6.31. The van der Waals surface area contributed by atoms with Crippen LogP contribution in [0.2, 0.25) is 5.02 Å². The van der Waals surface area contributed by atoms with E-state index in [1.807, 2.05) is 26.8 Å². The Kier molecular flexibility index (Phi) is 9.34. The number of nitrogens with one attached hydrogen (secondary N) is 2. The van der Waals surface area contributed by atoms with Crippen LogP contribution < -0.4 is 20.2 Å². The predicted molar refractivity (Wildman–Crippen MR) is 122 cm³/mol. The Labute approximate surface area is 187 Å². The lowest BCUT2D eigenvalue weighted by molar-refractivity contribution is -0.123. The number of ether oxygens (including phenoxy) is 2. The molecule has 2 aromatic rings. The molecular weight excluding hydrogens is 418 g/mol. The summed E-state index contributed by atoms with van der Waals surface area (Å²) in [5.41, 5.74) is 3.59. The van der Waals surface area contributed by atoms with Crippen LogP contribution in [0.15, 0.2) is 47.6 Å². The average Bonchev–Trinajstić information content (AvgIpc) is 2.75.